The van der Waals surface area contributed by atoms with Crippen molar-refractivity contribution in [2.75, 3.05) is 44.3 Å². The Kier molecular flexibility index (Phi) is 4.77. The lowest BCUT2D eigenvalue weighted by molar-refractivity contribution is -0.181. The summed E-state index contributed by atoms with van der Waals surface area (Å²) in [7, 11) is 0. The molecule has 1 aromatic rings. The molecule has 0 saturated carbocycles. The fraction of sp³-hybridized carbons (Fsp3) is 0.688. The Balaban J connectivity index is 1.62. The maximum Gasteiger partial charge on any atom is 0.256 e. The van der Waals surface area contributed by atoms with E-state index in [0.29, 0.717) is 37.8 Å². The molecular formula is C16H24N4O3. The third-order valence-corrected chi connectivity index (χ3v) is 4.56. The van der Waals surface area contributed by atoms with E-state index in [1.54, 1.807) is 12.4 Å². The van der Waals surface area contributed by atoms with Crippen LogP contribution in [0.5, 0.6) is 0 Å². The number of rotatable bonds is 4. The third kappa shape index (κ3) is 3.30. The number of amides is 1. The summed E-state index contributed by atoms with van der Waals surface area (Å²) in [6.45, 7) is 8.37. The van der Waals surface area contributed by atoms with Gasteiger partial charge in [0.25, 0.3) is 5.91 Å². The first-order valence-corrected chi connectivity index (χ1v) is 8.31. The molecule has 3 rings (SSSR count). The van der Waals surface area contributed by atoms with Crippen molar-refractivity contribution in [2.24, 2.45) is 0 Å². The maximum absolute atomic E-state index is 12.6. The van der Waals surface area contributed by atoms with Crippen LogP contribution in [-0.4, -0.2) is 66.0 Å². The van der Waals surface area contributed by atoms with Gasteiger partial charge in [-0.3, -0.25) is 4.79 Å². The Morgan fingerprint density at radius 2 is 1.74 bits per heavy atom. The number of anilines is 1. The zero-order valence-corrected chi connectivity index (χ0v) is 13.8. The third-order valence-electron chi connectivity index (χ3n) is 4.56. The maximum atomic E-state index is 12.6. The Labute approximate surface area is 136 Å². The lowest BCUT2D eigenvalue weighted by Crippen LogP contribution is -2.47. The van der Waals surface area contributed by atoms with Crippen molar-refractivity contribution >= 4 is 11.9 Å². The number of piperidine rings is 1. The molecule has 0 radical (unpaired) electrons. The molecule has 0 unspecified atom stereocenters. The van der Waals surface area contributed by atoms with E-state index in [4.69, 9.17) is 9.47 Å². The first-order chi connectivity index (χ1) is 11.2. The highest BCUT2D eigenvalue weighted by atomic mass is 16.7. The Morgan fingerprint density at radius 3 is 2.26 bits per heavy atom. The fourth-order valence-corrected chi connectivity index (χ4v) is 3.12. The molecule has 7 heteroatoms. The van der Waals surface area contributed by atoms with E-state index in [2.05, 4.69) is 23.8 Å². The summed E-state index contributed by atoms with van der Waals surface area (Å²) in [4.78, 5) is 25.1. The predicted molar refractivity (Wildman–Crippen MR) is 85.4 cm³/mol. The summed E-state index contributed by atoms with van der Waals surface area (Å²) in [5.41, 5.74) is 0.533. The predicted octanol–water partition coefficient (Wildman–Crippen LogP) is 1.30. The van der Waals surface area contributed by atoms with Crippen molar-refractivity contribution in [3.63, 3.8) is 0 Å². The second kappa shape index (κ2) is 6.80. The summed E-state index contributed by atoms with van der Waals surface area (Å²) in [6.07, 6.45) is 4.68. The summed E-state index contributed by atoms with van der Waals surface area (Å²) in [5, 5.41) is 0. The fourth-order valence-electron chi connectivity index (χ4n) is 3.12. The smallest absolute Gasteiger partial charge is 0.256 e. The van der Waals surface area contributed by atoms with Crippen molar-refractivity contribution in [2.45, 2.75) is 32.5 Å². The molecule has 1 amide bonds. The number of carbonyl (C=O) groups excluding carboxylic acids is 1. The highest BCUT2D eigenvalue weighted by molar-refractivity contribution is 5.93. The van der Waals surface area contributed by atoms with Gasteiger partial charge in [0.2, 0.25) is 5.95 Å². The molecule has 0 atom stereocenters. The number of ether oxygens (including phenoxy) is 2. The van der Waals surface area contributed by atoms with Crippen LogP contribution in [0.15, 0.2) is 12.4 Å². The van der Waals surface area contributed by atoms with E-state index in [1.807, 2.05) is 9.80 Å². The first kappa shape index (κ1) is 16.1. The molecule has 3 heterocycles. The van der Waals surface area contributed by atoms with Crippen LogP contribution in [0.2, 0.25) is 0 Å². The Morgan fingerprint density at radius 1 is 1.17 bits per heavy atom. The van der Waals surface area contributed by atoms with Gasteiger partial charge in [-0.2, -0.15) is 0 Å². The molecule has 0 N–H and O–H groups in total. The molecule has 0 aliphatic carbocycles. The van der Waals surface area contributed by atoms with Gasteiger partial charge in [0, 0.05) is 51.4 Å². The molecule has 0 bridgehead atoms. The molecule has 7 nitrogen and oxygen atoms in total. The minimum absolute atomic E-state index is 0.0241. The van der Waals surface area contributed by atoms with Gasteiger partial charge in [0.1, 0.15) is 0 Å². The molecular weight excluding hydrogens is 296 g/mol. The zero-order chi connectivity index (χ0) is 16.3. The zero-order valence-electron chi connectivity index (χ0n) is 13.8. The largest absolute Gasteiger partial charge is 0.347 e. The number of hydrogen-bond acceptors (Lipinski definition) is 6. The van der Waals surface area contributed by atoms with Crippen molar-refractivity contribution < 1.29 is 14.3 Å². The Hall–Kier alpha value is -1.73. The molecule has 2 saturated heterocycles. The average Bonchev–Trinajstić information content (AvgIpc) is 3.05. The highest BCUT2D eigenvalue weighted by Gasteiger charge is 2.40. The number of likely N-dealkylation sites (tertiary alicyclic amines) is 1. The molecule has 1 spiro atoms. The highest BCUT2D eigenvalue weighted by Crippen LogP contribution is 2.31. The second-order valence-electron chi connectivity index (χ2n) is 5.84. The number of hydrogen-bond donors (Lipinski definition) is 0. The monoisotopic (exact) mass is 320 g/mol. The summed E-state index contributed by atoms with van der Waals surface area (Å²) in [5.74, 6) is 0.181. The topological polar surface area (TPSA) is 67.8 Å². The summed E-state index contributed by atoms with van der Waals surface area (Å²) >= 11 is 0. The van der Waals surface area contributed by atoms with Gasteiger partial charge >= 0.3 is 0 Å². The molecule has 0 aromatic carbocycles. The normalized spacial score (nSPS) is 20.0. The second-order valence-corrected chi connectivity index (χ2v) is 5.84. The first-order valence-electron chi connectivity index (χ1n) is 8.31. The van der Waals surface area contributed by atoms with Gasteiger partial charge in [-0.15, -0.1) is 0 Å². The summed E-state index contributed by atoms with van der Waals surface area (Å²) in [6, 6.07) is 0. The van der Waals surface area contributed by atoms with Crippen LogP contribution < -0.4 is 4.90 Å². The molecule has 2 aliphatic heterocycles. The lowest BCUT2D eigenvalue weighted by Gasteiger charge is -2.37. The van der Waals surface area contributed by atoms with E-state index in [0.717, 1.165) is 25.9 Å². The molecule has 2 aliphatic rings. The standard InChI is InChI=1S/C16H24N4O3/c1-3-19(4-2)15-17-11-13(12-18-15)14(21)20-7-5-16(6-8-20)22-9-10-23-16/h11-12H,3-10H2,1-2H3. The van der Waals surface area contributed by atoms with Crippen molar-refractivity contribution in [1.29, 1.82) is 0 Å². The lowest BCUT2D eigenvalue weighted by atomic mass is 10.0. The van der Waals surface area contributed by atoms with E-state index < -0.39 is 5.79 Å². The van der Waals surface area contributed by atoms with Crippen molar-refractivity contribution in [1.82, 2.24) is 14.9 Å². The van der Waals surface area contributed by atoms with E-state index in [-0.39, 0.29) is 5.91 Å². The van der Waals surface area contributed by atoms with Crippen LogP contribution in [-0.2, 0) is 9.47 Å². The van der Waals surface area contributed by atoms with Gasteiger partial charge in [0.15, 0.2) is 5.79 Å². The van der Waals surface area contributed by atoms with E-state index >= 15 is 0 Å². The summed E-state index contributed by atoms with van der Waals surface area (Å²) < 4.78 is 11.4. The van der Waals surface area contributed by atoms with Crippen LogP contribution in [0.1, 0.15) is 37.0 Å². The molecule has 126 valence electrons. The van der Waals surface area contributed by atoms with Crippen LogP contribution in [0.3, 0.4) is 0 Å². The Bertz CT molecular complexity index is 529. The van der Waals surface area contributed by atoms with Gasteiger partial charge in [-0.25, -0.2) is 9.97 Å². The average molecular weight is 320 g/mol. The molecule has 1 aromatic heterocycles. The molecule has 23 heavy (non-hydrogen) atoms. The van der Waals surface area contributed by atoms with Gasteiger partial charge < -0.3 is 19.3 Å². The van der Waals surface area contributed by atoms with Crippen LogP contribution in [0.4, 0.5) is 5.95 Å². The van der Waals surface area contributed by atoms with Crippen LogP contribution in [0, 0.1) is 0 Å². The van der Waals surface area contributed by atoms with Crippen LogP contribution in [0.25, 0.3) is 0 Å². The van der Waals surface area contributed by atoms with Gasteiger partial charge in [-0.1, -0.05) is 0 Å². The number of carbonyl (C=O) groups is 1. The molecule has 2 fully saturated rings. The SMILES string of the molecule is CCN(CC)c1ncc(C(=O)N2CCC3(CC2)OCCO3)cn1. The minimum atomic E-state index is -0.458. The van der Waals surface area contributed by atoms with Gasteiger partial charge in [0.05, 0.1) is 18.8 Å². The van der Waals surface area contributed by atoms with Crippen molar-refractivity contribution in [3.05, 3.63) is 18.0 Å². The number of nitrogens with zero attached hydrogens (tertiary/aromatic N) is 4. The van der Waals surface area contributed by atoms with Crippen molar-refractivity contribution in [3.8, 4) is 0 Å². The van der Waals surface area contributed by atoms with E-state index in [9.17, 15) is 4.79 Å². The van der Waals surface area contributed by atoms with Gasteiger partial charge in [-0.05, 0) is 13.8 Å². The van der Waals surface area contributed by atoms with E-state index in [1.165, 1.54) is 0 Å². The number of aromatic nitrogens is 2. The van der Waals surface area contributed by atoms with Crippen LogP contribution >= 0.6 is 0 Å². The minimum Gasteiger partial charge on any atom is -0.347 e. The quantitative estimate of drug-likeness (QED) is 0.833.